The van der Waals surface area contributed by atoms with Crippen molar-refractivity contribution in [1.82, 2.24) is 9.62 Å². The predicted octanol–water partition coefficient (Wildman–Crippen LogP) is 2.15. The van der Waals surface area contributed by atoms with Gasteiger partial charge in [-0.05, 0) is 69.3 Å². The summed E-state index contributed by atoms with van der Waals surface area (Å²) in [6, 6.07) is 7.47. The first-order chi connectivity index (χ1) is 10.1. The van der Waals surface area contributed by atoms with Crippen LogP contribution in [0.4, 0.5) is 0 Å². The van der Waals surface area contributed by atoms with Gasteiger partial charge >= 0.3 is 0 Å². The molecule has 0 spiro atoms. The summed E-state index contributed by atoms with van der Waals surface area (Å²) in [7, 11) is -3.35. The fraction of sp³-hybridized carbons (Fsp3) is 0.625. The molecule has 5 heteroatoms. The van der Waals surface area contributed by atoms with Crippen LogP contribution in [-0.4, -0.2) is 38.4 Å². The molecule has 116 valence electrons. The third-order valence-corrected chi connectivity index (χ3v) is 6.69. The monoisotopic (exact) mass is 308 g/mol. The zero-order valence-corrected chi connectivity index (χ0v) is 13.4. The summed E-state index contributed by atoms with van der Waals surface area (Å²) in [4.78, 5) is 0.448. The number of nitrogens with one attached hydrogen (secondary N) is 1. The molecule has 4 nitrogen and oxygen atoms in total. The Labute approximate surface area is 127 Å². The van der Waals surface area contributed by atoms with Gasteiger partial charge in [0.1, 0.15) is 0 Å². The second-order valence-electron chi connectivity index (χ2n) is 6.23. The Hall–Kier alpha value is -0.910. The van der Waals surface area contributed by atoms with Crippen LogP contribution in [0.1, 0.15) is 31.2 Å². The number of benzene rings is 1. The van der Waals surface area contributed by atoms with Gasteiger partial charge in [0, 0.05) is 12.6 Å². The topological polar surface area (TPSA) is 49.4 Å². The predicted molar refractivity (Wildman–Crippen MR) is 83.7 cm³/mol. The largest absolute Gasteiger partial charge is 0.317 e. The number of hydrogen-bond donors (Lipinski definition) is 1. The zero-order chi connectivity index (χ0) is 14.9. The molecule has 2 heterocycles. The number of nitrogens with zero attached hydrogens (tertiary/aromatic N) is 1. The molecule has 21 heavy (non-hydrogen) atoms. The Balaban J connectivity index is 1.86. The number of hydrogen-bond acceptors (Lipinski definition) is 3. The van der Waals surface area contributed by atoms with Crippen molar-refractivity contribution in [3.8, 4) is 0 Å². The maximum atomic E-state index is 13.0. The van der Waals surface area contributed by atoms with Crippen molar-refractivity contribution in [2.45, 2.75) is 43.5 Å². The van der Waals surface area contributed by atoms with Crippen molar-refractivity contribution in [3.05, 3.63) is 29.8 Å². The third kappa shape index (κ3) is 3.00. The van der Waals surface area contributed by atoms with E-state index in [9.17, 15) is 8.42 Å². The molecule has 2 fully saturated rings. The number of sulfonamides is 1. The fourth-order valence-electron chi connectivity index (χ4n) is 3.68. The minimum absolute atomic E-state index is 0.192. The third-order valence-electron chi connectivity index (χ3n) is 4.77. The first-order valence-electron chi connectivity index (χ1n) is 7.88. The summed E-state index contributed by atoms with van der Waals surface area (Å²) in [5, 5.41) is 3.36. The smallest absolute Gasteiger partial charge is 0.243 e. The normalized spacial score (nSPS) is 25.3. The molecule has 2 aliphatic heterocycles. The van der Waals surface area contributed by atoms with Crippen LogP contribution in [0.5, 0.6) is 0 Å². The molecule has 0 aromatic heterocycles. The first kappa shape index (κ1) is 15.0. The quantitative estimate of drug-likeness (QED) is 0.931. The second kappa shape index (κ2) is 6.07. The summed E-state index contributed by atoms with van der Waals surface area (Å²) in [6.07, 6.45) is 4.17. The van der Waals surface area contributed by atoms with Gasteiger partial charge in [-0.15, -0.1) is 0 Å². The molecule has 2 aliphatic rings. The van der Waals surface area contributed by atoms with Crippen LogP contribution in [0.25, 0.3) is 0 Å². The van der Waals surface area contributed by atoms with Crippen LogP contribution in [0.15, 0.2) is 29.2 Å². The average molecular weight is 308 g/mol. The molecule has 2 saturated heterocycles. The second-order valence-corrected chi connectivity index (χ2v) is 8.12. The molecular weight excluding hydrogens is 284 g/mol. The molecule has 1 N–H and O–H groups in total. The van der Waals surface area contributed by atoms with Crippen LogP contribution in [0.2, 0.25) is 0 Å². The van der Waals surface area contributed by atoms with Crippen molar-refractivity contribution in [2.75, 3.05) is 19.6 Å². The van der Waals surface area contributed by atoms with Gasteiger partial charge in [-0.3, -0.25) is 0 Å². The summed E-state index contributed by atoms with van der Waals surface area (Å²) in [5.41, 5.74) is 0.994. The molecule has 0 radical (unpaired) electrons. The molecule has 1 unspecified atom stereocenters. The van der Waals surface area contributed by atoms with Crippen LogP contribution in [-0.2, 0) is 10.0 Å². The molecule has 1 aromatic rings. The van der Waals surface area contributed by atoms with Crippen molar-refractivity contribution in [2.24, 2.45) is 5.92 Å². The zero-order valence-electron chi connectivity index (χ0n) is 12.6. The SMILES string of the molecule is Cc1cccc(S(=O)(=O)N2CCCC2C2CCNCC2)c1. The highest BCUT2D eigenvalue weighted by molar-refractivity contribution is 7.89. The number of aryl methyl sites for hydroxylation is 1. The summed E-state index contributed by atoms with van der Waals surface area (Å²) in [5.74, 6) is 0.508. The Morgan fingerprint density at radius 1 is 1.19 bits per heavy atom. The van der Waals surface area contributed by atoms with E-state index in [1.807, 2.05) is 19.1 Å². The van der Waals surface area contributed by atoms with E-state index in [1.165, 1.54) is 0 Å². The van der Waals surface area contributed by atoms with E-state index in [0.717, 1.165) is 44.3 Å². The van der Waals surface area contributed by atoms with Gasteiger partial charge < -0.3 is 5.32 Å². The van der Waals surface area contributed by atoms with Gasteiger partial charge in [-0.2, -0.15) is 4.31 Å². The van der Waals surface area contributed by atoms with Gasteiger partial charge in [0.05, 0.1) is 4.90 Å². The first-order valence-corrected chi connectivity index (χ1v) is 9.32. The average Bonchev–Trinajstić information content (AvgIpc) is 2.98. The van der Waals surface area contributed by atoms with Crippen molar-refractivity contribution < 1.29 is 8.42 Å². The van der Waals surface area contributed by atoms with Gasteiger partial charge in [-0.1, -0.05) is 12.1 Å². The molecular formula is C16H24N2O2S. The lowest BCUT2D eigenvalue weighted by molar-refractivity contribution is 0.235. The Kier molecular flexibility index (Phi) is 4.33. The van der Waals surface area contributed by atoms with Crippen LogP contribution in [0.3, 0.4) is 0 Å². The Morgan fingerprint density at radius 3 is 2.67 bits per heavy atom. The lowest BCUT2D eigenvalue weighted by Crippen LogP contribution is -2.43. The van der Waals surface area contributed by atoms with Crippen LogP contribution in [0, 0.1) is 12.8 Å². The molecule has 1 atom stereocenters. The van der Waals surface area contributed by atoms with Gasteiger partial charge in [0.25, 0.3) is 0 Å². The van der Waals surface area contributed by atoms with E-state index < -0.39 is 10.0 Å². The van der Waals surface area contributed by atoms with E-state index in [4.69, 9.17) is 0 Å². The van der Waals surface area contributed by atoms with E-state index in [1.54, 1.807) is 16.4 Å². The minimum Gasteiger partial charge on any atom is -0.317 e. The fourth-order valence-corrected chi connectivity index (χ4v) is 5.54. The van der Waals surface area contributed by atoms with E-state index in [2.05, 4.69) is 5.32 Å². The highest BCUT2D eigenvalue weighted by Crippen LogP contribution is 2.33. The Morgan fingerprint density at radius 2 is 1.95 bits per heavy atom. The maximum Gasteiger partial charge on any atom is 0.243 e. The standard InChI is InChI=1S/C16H24N2O2S/c1-13-4-2-5-15(12-13)21(19,20)18-11-3-6-16(18)14-7-9-17-10-8-14/h2,4-5,12,14,16-17H,3,6-11H2,1H3. The van der Waals surface area contributed by atoms with Crippen LogP contribution < -0.4 is 5.32 Å². The number of piperidine rings is 1. The lowest BCUT2D eigenvalue weighted by Gasteiger charge is -2.33. The van der Waals surface area contributed by atoms with E-state index in [0.29, 0.717) is 17.4 Å². The maximum absolute atomic E-state index is 13.0. The highest BCUT2D eigenvalue weighted by atomic mass is 32.2. The van der Waals surface area contributed by atoms with Crippen molar-refractivity contribution in [3.63, 3.8) is 0 Å². The van der Waals surface area contributed by atoms with Gasteiger partial charge in [0.15, 0.2) is 0 Å². The summed E-state index contributed by atoms with van der Waals surface area (Å²) < 4.78 is 27.7. The van der Waals surface area contributed by atoms with E-state index >= 15 is 0 Å². The molecule has 3 rings (SSSR count). The van der Waals surface area contributed by atoms with Gasteiger partial charge in [-0.25, -0.2) is 8.42 Å². The molecule has 0 saturated carbocycles. The highest BCUT2D eigenvalue weighted by Gasteiger charge is 2.39. The molecule has 0 amide bonds. The summed E-state index contributed by atoms with van der Waals surface area (Å²) >= 11 is 0. The Bertz CT molecular complexity index is 594. The summed E-state index contributed by atoms with van der Waals surface area (Å²) in [6.45, 7) is 4.64. The van der Waals surface area contributed by atoms with Crippen molar-refractivity contribution >= 4 is 10.0 Å². The molecule has 0 bridgehead atoms. The van der Waals surface area contributed by atoms with E-state index in [-0.39, 0.29) is 6.04 Å². The van der Waals surface area contributed by atoms with Crippen LogP contribution >= 0.6 is 0 Å². The molecule has 0 aliphatic carbocycles. The minimum atomic E-state index is -3.35. The molecule has 1 aromatic carbocycles. The van der Waals surface area contributed by atoms with Crippen molar-refractivity contribution in [1.29, 1.82) is 0 Å². The van der Waals surface area contributed by atoms with Gasteiger partial charge in [0.2, 0.25) is 10.0 Å². The number of rotatable bonds is 3. The lowest BCUT2D eigenvalue weighted by atomic mass is 9.89.